The van der Waals surface area contributed by atoms with Crippen molar-refractivity contribution in [1.82, 2.24) is 15.3 Å². The third kappa shape index (κ3) is 4.43. The van der Waals surface area contributed by atoms with Gasteiger partial charge in [0.2, 0.25) is 0 Å². The largest absolute Gasteiger partial charge is 0.368 e. The smallest absolute Gasteiger partial charge is 0.271 e. The van der Waals surface area contributed by atoms with Crippen LogP contribution in [0.5, 0.6) is 0 Å². The molecule has 28 heavy (non-hydrogen) atoms. The fourth-order valence-electron chi connectivity index (χ4n) is 3.11. The second kappa shape index (κ2) is 8.58. The Hall–Kier alpha value is -2.64. The summed E-state index contributed by atoms with van der Waals surface area (Å²) in [5.74, 6) is -0.175. The zero-order chi connectivity index (χ0) is 19.3. The van der Waals surface area contributed by atoms with Crippen molar-refractivity contribution in [2.24, 2.45) is 0 Å². The van der Waals surface area contributed by atoms with Crippen molar-refractivity contribution < 1.29 is 4.79 Å². The molecule has 1 fully saturated rings. The van der Waals surface area contributed by atoms with E-state index in [-0.39, 0.29) is 5.91 Å². The van der Waals surface area contributed by atoms with Gasteiger partial charge in [0.25, 0.3) is 5.91 Å². The van der Waals surface area contributed by atoms with Crippen LogP contribution in [0.3, 0.4) is 0 Å². The van der Waals surface area contributed by atoms with Gasteiger partial charge in [0.05, 0.1) is 12.2 Å². The summed E-state index contributed by atoms with van der Waals surface area (Å²) >= 11 is 7.60. The monoisotopic (exact) mass is 413 g/mol. The summed E-state index contributed by atoms with van der Waals surface area (Å²) in [6.07, 6.45) is 1.71. The van der Waals surface area contributed by atoms with E-state index in [9.17, 15) is 4.79 Å². The average Bonchev–Trinajstić information content (AvgIpc) is 3.23. The van der Waals surface area contributed by atoms with E-state index in [1.54, 1.807) is 6.20 Å². The van der Waals surface area contributed by atoms with Gasteiger partial charge in [-0.2, -0.15) is 0 Å². The van der Waals surface area contributed by atoms with Crippen molar-refractivity contribution in [2.75, 3.05) is 36.0 Å². The minimum Gasteiger partial charge on any atom is -0.368 e. The van der Waals surface area contributed by atoms with E-state index < -0.39 is 0 Å². The Kier molecular flexibility index (Phi) is 5.73. The van der Waals surface area contributed by atoms with Crippen molar-refractivity contribution >= 4 is 39.7 Å². The lowest BCUT2D eigenvalue weighted by molar-refractivity contribution is 0.0946. The summed E-state index contributed by atoms with van der Waals surface area (Å²) in [6.45, 7) is 3.89. The SMILES string of the molecule is O=C(NCc1ccccn1)c1csc(N2CCN(c3cccc(Cl)c3)CC2)n1. The highest BCUT2D eigenvalue weighted by atomic mass is 35.5. The van der Waals surface area contributed by atoms with Crippen LogP contribution in [-0.4, -0.2) is 42.1 Å². The van der Waals surface area contributed by atoms with Crippen molar-refractivity contribution in [3.63, 3.8) is 0 Å². The number of benzene rings is 1. The van der Waals surface area contributed by atoms with E-state index >= 15 is 0 Å². The quantitative estimate of drug-likeness (QED) is 0.694. The Balaban J connectivity index is 1.33. The van der Waals surface area contributed by atoms with Crippen LogP contribution < -0.4 is 15.1 Å². The number of rotatable bonds is 5. The number of hydrogen-bond donors (Lipinski definition) is 1. The van der Waals surface area contributed by atoms with E-state index in [1.165, 1.54) is 11.3 Å². The number of aromatic nitrogens is 2. The number of nitrogens with zero attached hydrogens (tertiary/aromatic N) is 4. The first-order valence-electron chi connectivity index (χ1n) is 9.08. The third-order valence-electron chi connectivity index (χ3n) is 4.60. The Labute approximate surface area is 172 Å². The third-order valence-corrected chi connectivity index (χ3v) is 5.74. The highest BCUT2D eigenvalue weighted by molar-refractivity contribution is 7.13. The Morgan fingerprint density at radius 2 is 1.93 bits per heavy atom. The highest BCUT2D eigenvalue weighted by Crippen LogP contribution is 2.25. The van der Waals surface area contributed by atoms with Gasteiger partial charge in [-0.15, -0.1) is 11.3 Å². The van der Waals surface area contributed by atoms with Gasteiger partial charge in [-0.25, -0.2) is 4.98 Å². The van der Waals surface area contributed by atoms with Gasteiger partial charge in [-0.3, -0.25) is 9.78 Å². The van der Waals surface area contributed by atoms with E-state index in [2.05, 4.69) is 31.2 Å². The Morgan fingerprint density at radius 3 is 2.68 bits per heavy atom. The molecule has 4 rings (SSSR count). The minimum absolute atomic E-state index is 0.175. The van der Waals surface area contributed by atoms with E-state index in [1.807, 2.05) is 41.8 Å². The molecule has 8 heteroatoms. The molecule has 0 aliphatic carbocycles. The van der Waals surface area contributed by atoms with Crippen LogP contribution in [0.1, 0.15) is 16.2 Å². The predicted octanol–water partition coefficient (Wildman–Crippen LogP) is 3.45. The molecule has 144 valence electrons. The number of piperazine rings is 1. The first kappa shape index (κ1) is 18.7. The molecule has 1 aromatic carbocycles. The van der Waals surface area contributed by atoms with Crippen molar-refractivity contribution in [1.29, 1.82) is 0 Å². The van der Waals surface area contributed by atoms with Crippen molar-refractivity contribution in [2.45, 2.75) is 6.54 Å². The summed E-state index contributed by atoms with van der Waals surface area (Å²) in [5.41, 5.74) is 2.41. The molecule has 0 atom stereocenters. The van der Waals surface area contributed by atoms with Gasteiger partial charge in [0.15, 0.2) is 5.13 Å². The van der Waals surface area contributed by atoms with Gasteiger partial charge in [0, 0.05) is 48.5 Å². The zero-order valence-corrected chi connectivity index (χ0v) is 16.8. The standard InChI is InChI=1S/C20H20ClN5OS/c21-15-4-3-6-17(12-15)25-8-10-26(11-9-25)20-24-18(14-28-20)19(27)23-13-16-5-1-2-7-22-16/h1-7,12,14H,8-11,13H2,(H,23,27). The molecule has 1 N–H and O–H groups in total. The summed E-state index contributed by atoms with van der Waals surface area (Å²) in [6, 6.07) is 13.6. The van der Waals surface area contributed by atoms with Gasteiger partial charge in [-0.1, -0.05) is 23.7 Å². The predicted molar refractivity (Wildman–Crippen MR) is 113 cm³/mol. The lowest BCUT2D eigenvalue weighted by atomic mass is 10.2. The van der Waals surface area contributed by atoms with Crippen LogP contribution in [0.15, 0.2) is 54.0 Å². The molecule has 1 aliphatic heterocycles. The molecule has 1 aliphatic rings. The zero-order valence-electron chi connectivity index (χ0n) is 15.2. The number of amides is 1. The first-order valence-corrected chi connectivity index (χ1v) is 10.3. The summed E-state index contributed by atoms with van der Waals surface area (Å²) < 4.78 is 0. The molecule has 1 saturated heterocycles. The molecule has 3 heterocycles. The second-order valence-corrected chi connectivity index (χ2v) is 7.75. The van der Waals surface area contributed by atoms with Crippen LogP contribution in [-0.2, 0) is 6.54 Å². The first-order chi connectivity index (χ1) is 13.7. The molecule has 6 nitrogen and oxygen atoms in total. The molecule has 0 bridgehead atoms. The Morgan fingerprint density at radius 1 is 1.11 bits per heavy atom. The maximum atomic E-state index is 12.3. The molecule has 0 saturated carbocycles. The molecular weight excluding hydrogens is 394 g/mol. The minimum atomic E-state index is -0.175. The molecule has 3 aromatic rings. The number of carbonyl (C=O) groups excluding carboxylic acids is 1. The number of carbonyl (C=O) groups is 1. The summed E-state index contributed by atoms with van der Waals surface area (Å²) in [5, 5.41) is 6.31. The molecule has 0 spiro atoms. The number of thiazole rings is 1. The molecule has 2 aromatic heterocycles. The summed E-state index contributed by atoms with van der Waals surface area (Å²) in [7, 11) is 0. The molecular formula is C20H20ClN5OS. The number of anilines is 2. The molecule has 0 unspecified atom stereocenters. The number of hydrogen-bond acceptors (Lipinski definition) is 6. The summed E-state index contributed by atoms with van der Waals surface area (Å²) in [4.78, 5) is 25.6. The number of pyridine rings is 1. The highest BCUT2D eigenvalue weighted by Gasteiger charge is 2.21. The average molecular weight is 414 g/mol. The lowest BCUT2D eigenvalue weighted by Gasteiger charge is -2.36. The maximum Gasteiger partial charge on any atom is 0.271 e. The number of nitrogens with one attached hydrogen (secondary N) is 1. The maximum absolute atomic E-state index is 12.3. The Bertz CT molecular complexity index is 941. The van der Waals surface area contributed by atoms with Gasteiger partial charge in [-0.05, 0) is 30.3 Å². The second-order valence-electron chi connectivity index (χ2n) is 6.47. The van der Waals surface area contributed by atoms with Crippen LogP contribution in [0, 0.1) is 0 Å². The van der Waals surface area contributed by atoms with Crippen LogP contribution in [0.2, 0.25) is 5.02 Å². The van der Waals surface area contributed by atoms with E-state index in [4.69, 9.17) is 11.6 Å². The van der Waals surface area contributed by atoms with Gasteiger partial charge in [0.1, 0.15) is 5.69 Å². The normalized spacial score (nSPS) is 14.2. The fourth-order valence-corrected chi connectivity index (χ4v) is 4.15. The van der Waals surface area contributed by atoms with Crippen molar-refractivity contribution in [3.8, 4) is 0 Å². The van der Waals surface area contributed by atoms with Gasteiger partial charge < -0.3 is 15.1 Å². The van der Waals surface area contributed by atoms with Crippen molar-refractivity contribution in [3.05, 3.63) is 70.5 Å². The van der Waals surface area contributed by atoms with E-state index in [0.717, 1.165) is 47.7 Å². The lowest BCUT2D eigenvalue weighted by Crippen LogP contribution is -2.46. The number of halogens is 1. The van der Waals surface area contributed by atoms with E-state index in [0.29, 0.717) is 12.2 Å². The topological polar surface area (TPSA) is 61.4 Å². The fraction of sp³-hybridized carbons (Fsp3) is 0.250. The molecule has 1 amide bonds. The molecule has 0 radical (unpaired) electrons. The van der Waals surface area contributed by atoms with Crippen LogP contribution >= 0.6 is 22.9 Å². The van der Waals surface area contributed by atoms with Crippen LogP contribution in [0.25, 0.3) is 0 Å². The van der Waals surface area contributed by atoms with Gasteiger partial charge >= 0.3 is 0 Å². The van der Waals surface area contributed by atoms with Crippen LogP contribution in [0.4, 0.5) is 10.8 Å².